The number of aliphatic hydroxyl groups excluding tert-OH is 2. The predicted molar refractivity (Wildman–Crippen MR) is 135 cm³/mol. The van der Waals surface area contributed by atoms with Crippen molar-refractivity contribution in [2.75, 3.05) is 13.2 Å². The van der Waals surface area contributed by atoms with Gasteiger partial charge in [0.1, 0.15) is 23.9 Å². The zero-order valence-corrected chi connectivity index (χ0v) is 24.0. The third-order valence-corrected chi connectivity index (χ3v) is 7.30. The van der Waals surface area contributed by atoms with Crippen LogP contribution in [0.15, 0.2) is 11.8 Å². The maximum Gasteiger partial charge on any atom is 0.309 e. The normalized spacial score (nSPS) is 36.4. The first-order valence-corrected chi connectivity index (χ1v) is 13.5. The van der Waals surface area contributed by atoms with E-state index in [0.717, 1.165) is 13.8 Å². The van der Waals surface area contributed by atoms with Gasteiger partial charge in [0.05, 0.1) is 25.4 Å². The fourth-order valence-corrected chi connectivity index (χ4v) is 5.53. The van der Waals surface area contributed by atoms with Gasteiger partial charge >= 0.3 is 23.9 Å². The van der Waals surface area contributed by atoms with Crippen LogP contribution in [-0.4, -0.2) is 101 Å². The molecule has 0 unspecified atom stereocenters. The Labute approximate surface area is 237 Å². The molecule has 0 amide bonds. The van der Waals surface area contributed by atoms with E-state index < -0.39 is 91.0 Å². The fourth-order valence-electron chi connectivity index (χ4n) is 5.53. The summed E-state index contributed by atoms with van der Waals surface area (Å²) >= 11 is 0. The van der Waals surface area contributed by atoms with Gasteiger partial charge in [-0.1, -0.05) is 13.8 Å². The summed E-state index contributed by atoms with van der Waals surface area (Å²) in [5, 5.41) is 31.8. The minimum absolute atomic E-state index is 0.0250. The van der Waals surface area contributed by atoms with Crippen LogP contribution >= 0.6 is 0 Å². The highest BCUT2D eigenvalue weighted by molar-refractivity contribution is 5.70. The highest BCUT2D eigenvalue weighted by Crippen LogP contribution is 2.50. The maximum absolute atomic E-state index is 12.5. The third-order valence-electron chi connectivity index (χ3n) is 7.30. The van der Waals surface area contributed by atoms with Gasteiger partial charge in [0.15, 0.2) is 18.5 Å². The van der Waals surface area contributed by atoms with Gasteiger partial charge in [-0.3, -0.25) is 19.2 Å². The molecule has 10 atom stereocenters. The van der Waals surface area contributed by atoms with Crippen molar-refractivity contribution in [1.29, 1.82) is 0 Å². The van der Waals surface area contributed by atoms with E-state index in [9.17, 15) is 34.5 Å². The molecule has 2 fully saturated rings. The first-order chi connectivity index (χ1) is 19.1. The molecule has 1 saturated carbocycles. The number of rotatable bonds is 10. The smallest absolute Gasteiger partial charge is 0.309 e. The highest BCUT2D eigenvalue weighted by Gasteiger charge is 2.60. The highest BCUT2D eigenvalue weighted by atomic mass is 16.7. The standard InChI is InChI=1S/C27H40O14/c1-12(2)7-20(32)41-25-21-17(8-19(27(21,6)34)37-13(3)29)16(10-35-25)11-36-26-24(39-15(5)31)23(38-14(4)30)22(33)18(9-28)40-26/h10,12,17-19,21-26,28,33-34H,7-9,11H2,1-6H3/t17-,18-,19-,21+,22+,23+,24+,25-,26-,27+/m0/s1. The molecule has 3 N–H and O–H groups in total. The topological polar surface area (TPSA) is 194 Å². The average molecular weight is 589 g/mol. The second kappa shape index (κ2) is 13.5. The third kappa shape index (κ3) is 7.74. The maximum atomic E-state index is 12.5. The molecule has 0 bridgehead atoms. The average Bonchev–Trinajstić information content (AvgIpc) is 3.10. The van der Waals surface area contributed by atoms with Crippen LogP contribution in [-0.2, 0) is 52.3 Å². The lowest BCUT2D eigenvalue weighted by Crippen LogP contribution is -2.61. The summed E-state index contributed by atoms with van der Waals surface area (Å²) in [5.74, 6) is -4.01. The zero-order valence-electron chi connectivity index (χ0n) is 24.0. The molecule has 41 heavy (non-hydrogen) atoms. The molecule has 1 saturated heterocycles. The van der Waals surface area contributed by atoms with Gasteiger partial charge in [-0.15, -0.1) is 0 Å². The lowest BCUT2D eigenvalue weighted by molar-refractivity contribution is -0.304. The van der Waals surface area contributed by atoms with Crippen molar-refractivity contribution in [2.24, 2.45) is 17.8 Å². The Morgan fingerprint density at radius 3 is 2.17 bits per heavy atom. The van der Waals surface area contributed by atoms with Crippen molar-refractivity contribution in [3.05, 3.63) is 11.8 Å². The number of ether oxygens (including phenoxy) is 7. The molecule has 0 aromatic heterocycles. The molecule has 0 aromatic rings. The summed E-state index contributed by atoms with van der Waals surface area (Å²) < 4.78 is 38.8. The van der Waals surface area contributed by atoms with Gasteiger partial charge < -0.3 is 48.5 Å². The number of esters is 4. The van der Waals surface area contributed by atoms with Crippen molar-refractivity contribution in [3.8, 4) is 0 Å². The molecular formula is C27H40O14. The number of aliphatic hydroxyl groups is 3. The van der Waals surface area contributed by atoms with Crippen molar-refractivity contribution >= 4 is 23.9 Å². The molecule has 3 aliphatic rings. The summed E-state index contributed by atoms with van der Waals surface area (Å²) in [6.45, 7) is 7.73. The molecule has 1 aliphatic carbocycles. The van der Waals surface area contributed by atoms with Crippen LogP contribution in [0.4, 0.5) is 0 Å². The van der Waals surface area contributed by atoms with E-state index in [4.69, 9.17) is 33.2 Å². The van der Waals surface area contributed by atoms with Gasteiger partial charge in [-0.05, 0) is 24.8 Å². The van der Waals surface area contributed by atoms with Gasteiger partial charge in [-0.2, -0.15) is 0 Å². The quantitative estimate of drug-likeness (QED) is 0.230. The Morgan fingerprint density at radius 2 is 1.61 bits per heavy atom. The number of carbonyl (C=O) groups excluding carboxylic acids is 4. The Balaban J connectivity index is 1.87. The van der Waals surface area contributed by atoms with E-state index in [-0.39, 0.29) is 25.4 Å². The Kier molecular flexibility index (Phi) is 10.7. The number of fused-ring (bicyclic) bond motifs is 1. The van der Waals surface area contributed by atoms with Gasteiger partial charge in [-0.25, -0.2) is 0 Å². The molecule has 2 aliphatic heterocycles. The second-order valence-corrected chi connectivity index (χ2v) is 11.2. The van der Waals surface area contributed by atoms with Crippen LogP contribution in [0.3, 0.4) is 0 Å². The Morgan fingerprint density at radius 1 is 1.00 bits per heavy atom. The largest absolute Gasteiger partial charge is 0.462 e. The minimum atomic E-state index is -1.65. The van der Waals surface area contributed by atoms with Crippen LogP contribution in [0.25, 0.3) is 0 Å². The van der Waals surface area contributed by atoms with Crippen LogP contribution < -0.4 is 0 Å². The SMILES string of the molecule is CC(=O)O[C@@H]1[C@H](O)[C@H](CO)O[C@H](OCC2=CO[C@@H](OC(=O)CC(C)C)[C@H]3[C@H]2C[C@H](OC(C)=O)[C@@]3(C)O)[C@@H]1OC(C)=O. The number of carbonyl (C=O) groups is 4. The molecule has 14 nitrogen and oxygen atoms in total. The fraction of sp³-hybridized carbons (Fsp3) is 0.778. The van der Waals surface area contributed by atoms with E-state index in [1.165, 1.54) is 20.1 Å². The lowest BCUT2D eigenvalue weighted by Gasteiger charge is -2.43. The van der Waals surface area contributed by atoms with Gasteiger partial charge in [0.2, 0.25) is 6.29 Å². The molecule has 3 rings (SSSR count). The second-order valence-electron chi connectivity index (χ2n) is 11.2. The number of hydrogen-bond donors (Lipinski definition) is 3. The molecule has 0 radical (unpaired) electrons. The van der Waals surface area contributed by atoms with Gasteiger partial charge in [0.25, 0.3) is 0 Å². The van der Waals surface area contributed by atoms with Crippen molar-refractivity contribution in [3.63, 3.8) is 0 Å². The predicted octanol–water partition coefficient (Wildman–Crippen LogP) is 0.0928. The molecule has 0 aromatic carbocycles. The van der Waals surface area contributed by atoms with Crippen LogP contribution in [0.2, 0.25) is 0 Å². The molecular weight excluding hydrogens is 548 g/mol. The minimum Gasteiger partial charge on any atom is -0.462 e. The molecule has 14 heteroatoms. The Bertz CT molecular complexity index is 1010. The van der Waals surface area contributed by atoms with E-state index in [2.05, 4.69) is 0 Å². The first kappa shape index (κ1) is 32.7. The van der Waals surface area contributed by atoms with Gasteiger partial charge in [0, 0.05) is 33.1 Å². The van der Waals surface area contributed by atoms with E-state index in [1.807, 2.05) is 13.8 Å². The van der Waals surface area contributed by atoms with E-state index >= 15 is 0 Å². The Hall–Kier alpha value is -2.78. The zero-order chi connectivity index (χ0) is 30.6. The summed E-state index contributed by atoms with van der Waals surface area (Å²) in [6.07, 6.45) is -7.45. The van der Waals surface area contributed by atoms with Crippen LogP contribution in [0.1, 0.15) is 54.4 Å². The molecule has 2 heterocycles. The first-order valence-electron chi connectivity index (χ1n) is 13.5. The number of hydrogen-bond acceptors (Lipinski definition) is 14. The summed E-state index contributed by atoms with van der Waals surface area (Å²) in [4.78, 5) is 47.8. The van der Waals surface area contributed by atoms with Crippen molar-refractivity contribution in [1.82, 2.24) is 0 Å². The van der Waals surface area contributed by atoms with E-state index in [0.29, 0.717) is 5.57 Å². The monoisotopic (exact) mass is 588 g/mol. The van der Waals surface area contributed by atoms with Crippen LogP contribution in [0, 0.1) is 17.8 Å². The summed E-state index contributed by atoms with van der Waals surface area (Å²) in [6, 6.07) is 0. The van der Waals surface area contributed by atoms with E-state index in [1.54, 1.807) is 0 Å². The molecule has 0 spiro atoms. The molecule has 232 valence electrons. The summed E-state index contributed by atoms with van der Waals surface area (Å²) in [7, 11) is 0. The lowest BCUT2D eigenvalue weighted by atomic mass is 9.81. The summed E-state index contributed by atoms with van der Waals surface area (Å²) in [5.41, 5.74) is -1.17. The van der Waals surface area contributed by atoms with Crippen molar-refractivity contribution in [2.45, 2.75) is 103 Å². The van der Waals surface area contributed by atoms with Crippen LogP contribution in [0.5, 0.6) is 0 Å². The van der Waals surface area contributed by atoms with Crippen molar-refractivity contribution < 1.29 is 67.7 Å².